The summed E-state index contributed by atoms with van der Waals surface area (Å²) in [7, 11) is 0. The van der Waals surface area contributed by atoms with E-state index in [1.54, 1.807) is 24.4 Å². The minimum absolute atomic E-state index is 0.142. The van der Waals surface area contributed by atoms with Crippen molar-refractivity contribution in [1.29, 1.82) is 0 Å². The first-order valence-electron chi connectivity index (χ1n) is 4.57. The van der Waals surface area contributed by atoms with Gasteiger partial charge in [-0.3, -0.25) is 0 Å². The van der Waals surface area contributed by atoms with Crippen molar-refractivity contribution in [2.45, 2.75) is 11.7 Å². The molecule has 0 saturated heterocycles. The number of aliphatic hydroxyl groups excluding tert-OH is 1. The van der Waals surface area contributed by atoms with Gasteiger partial charge < -0.3 is 0 Å². The summed E-state index contributed by atoms with van der Waals surface area (Å²) in [5.41, 5.74) is 0.965. The Morgan fingerprint density at radius 3 is 2.71 bits per heavy atom. The van der Waals surface area contributed by atoms with Crippen molar-refractivity contribution in [3.8, 4) is 0 Å². The van der Waals surface area contributed by atoms with E-state index in [4.69, 9.17) is 5.11 Å². The number of hydrogen-bond acceptors (Lipinski definition) is 1. The summed E-state index contributed by atoms with van der Waals surface area (Å²) in [6, 6.07) is 4.99. The van der Waals surface area contributed by atoms with Crippen molar-refractivity contribution >= 4 is 41.0 Å². The third-order valence-electron chi connectivity index (χ3n) is 2.17. The van der Waals surface area contributed by atoms with E-state index in [1.165, 1.54) is 4.40 Å². The molecule has 2 aromatic heterocycles. The summed E-state index contributed by atoms with van der Waals surface area (Å²) in [5.74, 6) is 0. The van der Waals surface area contributed by atoms with Crippen molar-refractivity contribution in [3.63, 3.8) is 0 Å². The third kappa shape index (κ3) is 2.68. The van der Waals surface area contributed by atoms with Crippen molar-refractivity contribution in [1.82, 2.24) is 4.40 Å². The fraction of sp³-hybridized carbons (Fsp3) is 0.200. The summed E-state index contributed by atoms with van der Waals surface area (Å²) in [6.07, 6.45) is 1.57. The first-order valence-corrected chi connectivity index (χ1v) is 7.08. The molecule has 0 spiro atoms. The molecule has 92 valence electrons. The molecule has 0 saturated carbocycles. The van der Waals surface area contributed by atoms with Crippen molar-refractivity contribution in [2.24, 2.45) is 0 Å². The maximum atomic E-state index is 12.5. The number of aliphatic hydroxyl groups is 1. The standard InChI is InChI=1S/C10H7BrF3NOSe/c11-7-2-1-3-15-8(7)4-6(5-16)9(15)17-10(12,13)14/h1-4,16H,5H2. The average Bonchev–Trinajstić information content (AvgIpc) is 2.56. The van der Waals surface area contributed by atoms with E-state index in [0.717, 1.165) is 0 Å². The fourth-order valence-electron chi connectivity index (χ4n) is 1.53. The zero-order chi connectivity index (χ0) is 12.6. The summed E-state index contributed by atoms with van der Waals surface area (Å²) in [6.45, 7) is -0.388. The van der Waals surface area contributed by atoms with Crippen LogP contribution in [0.4, 0.5) is 13.2 Å². The van der Waals surface area contributed by atoms with Gasteiger partial charge in [0.1, 0.15) is 0 Å². The molecule has 2 rings (SSSR count). The van der Waals surface area contributed by atoms with Gasteiger partial charge in [-0.15, -0.1) is 0 Å². The van der Waals surface area contributed by atoms with E-state index in [1.807, 2.05) is 0 Å². The molecule has 0 aliphatic carbocycles. The first-order chi connectivity index (χ1) is 7.92. The number of hydrogen-bond donors (Lipinski definition) is 1. The first kappa shape index (κ1) is 13.0. The van der Waals surface area contributed by atoms with Crippen LogP contribution in [0.1, 0.15) is 5.56 Å². The van der Waals surface area contributed by atoms with Gasteiger partial charge in [0.25, 0.3) is 0 Å². The number of fused-ring (bicyclic) bond motifs is 1. The molecular formula is C10H7BrF3NOSe. The number of halogens is 4. The fourth-order valence-corrected chi connectivity index (χ4v) is 3.52. The molecule has 0 aromatic carbocycles. The van der Waals surface area contributed by atoms with Crippen LogP contribution in [0.3, 0.4) is 0 Å². The van der Waals surface area contributed by atoms with Crippen LogP contribution in [-0.4, -0.2) is 29.5 Å². The van der Waals surface area contributed by atoms with Crippen LogP contribution in [0.5, 0.6) is 0 Å². The summed E-state index contributed by atoms with van der Waals surface area (Å²) >= 11 is 1.61. The Labute approximate surface area is 110 Å². The van der Waals surface area contributed by atoms with Gasteiger partial charge in [-0.25, -0.2) is 0 Å². The molecular weight excluding hydrogens is 366 g/mol. The van der Waals surface area contributed by atoms with Crippen LogP contribution in [0, 0.1) is 0 Å². The van der Waals surface area contributed by atoms with E-state index in [-0.39, 0.29) is 11.2 Å². The molecule has 0 radical (unpaired) electrons. The van der Waals surface area contributed by atoms with Crippen LogP contribution in [0.2, 0.25) is 0 Å². The normalized spacial score (nSPS) is 12.3. The maximum absolute atomic E-state index is 12.5. The van der Waals surface area contributed by atoms with Gasteiger partial charge in [0, 0.05) is 0 Å². The van der Waals surface area contributed by atoms with Crippen LogP contribution >= 0.6 is 15.9 Å². The van der Waals surface area contributed by atoms with E-state index < -0.39 is 20.0 Å². The van der Waals surface area contributed by atoms with Crippen molar-refractivity contribution < 1.29 is 18.3 Å². The number of nitrogens with zero attached hydrogens (tertiary/aromatic N) is 1. The third-order valence-corrected chi connectivity index (χ3v) is 4.69. The molecule has 0 amide bonds. The Morgan fingerprint density at radius 2 is 2.12 bits per heavy atom. The molecule has 0 atom stereocenters. The average molecular weight is 373 g/mol. The number of alkyl halides is 3. The molecule has 0 aliphatic rings. The van der Waals surface area contributed by atoms with Gasteiger partial charge in [0.15, 0.2) is 0 Å². The Morgan fingerprint density at radius 1 is 1.41 bits per heavy atom. The van der Waals surface area contributed by atoms with Crippen LogP contribution in [-0.2, 0) is 6.61 Å². The molecule has 17 heavy (non-hydrogen) atoms. The molecule has 0 fully saturated rings. The Kier molecular flexibility index (Phi) is 3.54. The zero-order valence-electron chi connectivity index (χ0n) is 8.33. The van der Waals surface area contributed by atoms with Crippen molar-refractivity contribution in [3.05, 3.63) is 34.4 Å². The van der Waals surface area contributed by atoms with Crippen molar-refractivity contribution in [2.75, 3.05) is 0 Å². The number of aromatic nitrogens is 1. The molecule has 1 N–H and O–H groups in total. The van der Waals surface area contributed by atoms with Crippen LogP contribution in [0.25, 0.3) is 5.52 Å². The summed E-state index contributed by atoms with van der Waals surface area (Å²) < 4.78 is 39.8. The van der Waals surface area contributed by atoms with E-state index in [2.05, 4.69) is 15.9 Å². The second kappa shape index (κ2) is 4.65. The van der Waals surface area contributed by atoms with Gasteiger partial charge in [-0.1, -0.05) is 0 Å². The minimum atomic E-state index is -4.23. The quantitative estimate of drug-likeness (QED) is 0.801. The predicted octanol–water partition coefficient (Wildman–Crippen LogP) is 2.04. The number of rotatable bonds is 2. The Hall–Kier alpha value is -0.491. The molecule has 2 aromatic rings. The molecule has 0 unspecified atom stereocenters. The predicted molar refractivity (Wildman–Crippen MR) is 62.5 cm³/mol. The van der Waals surface area contributed by atoms with E-state index in [0.29, 0.717) is 15.6 Å². The monoisotopic (exact) mass is 373 g/mol. The van der Waals surface area contributed by atoms with E-state index in [9.17, 15) is 13.2 Å². The van der Waals surface area contributed by atoms with Gasteiger partial charge in [-0.2, -0.15) is 0 Å². The zero-order valence-corrected chi connectivity index (χ0v) is 11.6. The summed E-state index contributed by atoms with van der Waals surface area (Å²) in [5, 5.41) is 4.89. The SMILES string of the molecule is OCc1cc2c(Br)cccn2c1[Se]C(F)(F)F. The van der Waals surface area contributed by atoms with Gasteiger partial charge in [-0.05, 0) is 0 Å². The van der Waals surface area contributed by atoms with Gasteiger partial charge >= 0.3 is 110 Å². The Balaban J connectivity index is 2.63. The second-order valence-corrected chi connectivity index (χ2v) is 6.36. The van der Waals surface area contributed by atoms with Crippen LogP contribution < -0.4 is 4.59 Å². The summed E-state index contributed by atoms with van der Waals surface area (Å²) in [4.78, 5) is 0. The molecule has 0 aliphatic heterocycles. The number of pyridine rings is 1. The molecule has 0 bridgehead atoms. The van der Waals surface area contributed by atoms with Crippen LogP contribution in [0.15, 0.2) is 28.9 Å². The second-order valence-electron chi connectivity index (χ2n) is 3.29. The Bertz CT molecular complexity index is 552. The molecule has 2 nitrogen and oxygen atoms in total. The van der Waals surface area contributed by atoms with Gasteiger partial charge in [0.05, 0.1) is 0 Å². The topological polar surface area (TPSA) is 24.6 Å². The molecule has 2 heterocycles. The van der Waals surface area contributed by atoms with E-state index >= 15 is 0 Å². The van der Waals surface area contributed by atoms with Gasteiger partial charge in [0.2, 0.25) is 0 Å². The molecule has 7 heteroatoms.